The van der Waals surface area contributed by atoms with Crippen molar-refractivity contribution in [2.24, 2.45) is 0 Å². The molecule has 0 amide bonds. The van der Waals surface area contributed by atoms with Gasteiger partial charge in [0.2, 0.25) is 0 Å². The second-order valence-electron chi connectivity index (χ2n) is 5.08. The van der Waals surface area contributed by atoms with E-state index in [4.69, 9.17) is 5.73 Å². The molecule has 0 aliphatic heterocycles. The Labute approximate surface area is 116 Å². The number of rotatable bonds is 2. The van der Waals surface area contributed by atoms with Crippen molar-refractivity contribution in [1.82, 2.24) is 0 Å². The summed E-state index contributed by atoms with van der Waals surface area (Å²) in [5, 5.41) is 0. The van der Waals surface area contributed by atoms with Gasteiger partial charge in [-0.05, 0) is 29.2 Å². The molecule has 2 aromatic rings. The summed E-state index contributed by atoms with van der Waals surface area (Å²) in [5.41, 5.74) is 7.78. The first-order valence-corrected chi connectivity index (χ1v) is 6.36. The molecule has 0 fully saturated rings. The quantitative estimate of drug-likeness (QED) is 0.762. The maximum Gasteiger partial charge on any atom is 0.416 e. The molecule has 2 aromatic carbocycles. The first-order chi connectivity index (χ1) is 9.29. The molecule has 0 unspecified atom stereocenters. The van der Waals surface area contributed by atoms with Crippen LogP contribution in [0.1, 0.15) is 30.9 Å². The first-order valence-electron chi connectivity index (χ1n) is 6.36. The van der Waals surface area contributed by atoms with Crippen LogP contribution in [0.15, 0.2) is 42.5 Å². The largest absolute Gasteiger partial charge is 0.416 e. The van der Waals surface area contributed by atoms with Crippen molar-refractivity contribution in [3.05, 3.63) is 53.6 Å². The predicted molar refractivity (Wildman–Crippen MR) is 75.4 cm³/mol. The van der Waals surface area contributed by atoms with Gasteiger partial charge in [-0.1, -0.05) is 44.2 Å². The highest BCUT2D eigenvalue weighted by Gasteiger charge is 2.30. The first kappa shape index (κ1) is 14.4. The van der Waals surface area contributed by atoms with Gasteiger partial charge < -0.3 is 5.73 Å². The summed E-state index contributed by atoms with van der Waals surface area (Å²) in [7, 11) is 0. The number of hydrogen-bond donors (Lipinski definition) is 1. The van der Waals surface area contributed by atoms with E-state index in [-0.39, 0.29) is 5.69 Å². The lowest BCUT2D eigenvalue weighted by atomic mass is 9.97. The Kier molecular flexibility index (Phi) is 3.75. The highest BCUT2D eigenvalue weighted by atomic mass is 19.4. The zero-order valence-corrected chi connectivity index (χ0v) is 11.3. The normalized spacial score (nSPS) is 11.9. The molecule has 0 saturated heterocycles. The van der Waals surface area contributed by atoms with Crippen molar-refractivity contribution < 1.29 is 13.2 Å². The molecule has 4 heteroatoms. The number of nitrogens with two attached hydrogens (primary N) is 1. The molecule has 20 heavy (non-hydrogen) atoms. The third-order valence-corrected chi connectivity index (χ3v) is 3.27. The minimum Gasteiger partial charge on any atom is -0.398 e. The molecule has 0 radical (unpaired) electrons. The second-order valence-corrected chi connectivity index (χ2v) is 5.08. The molecule has 0 atom stereocenters. The third-order valence-electron chi connectivity index (χ3n) is 3.27. The Hall–Kier alpha value is -1.97. The van der Waals surface area contributed by atoms with E-state index >= 15 is 0 Å². The van der Waals surface area contributed by atoms with Crippen LogP contribution in [0.4, 0.5) is 18.9 Å². The van der Waals surface area contributed by atoms with E-state index in [1.165, 1.54) is 11.6 Å². The lowest BCUT2D eigenvalue weighted by molar-refractivity contribution is -0.137. The summed E-state index contributed by atoms with van der Waals surface area (Å²) in [6, 6.07) is 11.2. The third kappa shape index (κ3) is 2.95. The summed E-state index contributed by atoms with van der Waals surface area (Å²) in [6.45, 7) is 4.17. The van der Waals surface area contributed by atoms with Gasteiger partial charge in [-0.25, -0.2) is 0 Å². The van der Waals surface area contributed by atoms with E-state index < -0.39 is 11.7 Å². The lowest BCUT2D eigenvalue weighted by Crippen LogP contribution is -2.06. The molecular formula is C16H16F3N. The number of alkyl halides is 3. The van der Waals surface area contributed by atoms with E-state index in [1.54, 1.807) is 0 Å². The molecule has 0 aromatic heterocycles. The standard InChI is InChI=1S/C16H16F3N/c1-10(2)11-3-5-12(6-4-11)14-8-7-13(9-15(14)20)16(17,18)19/h3-10H,20H2,1-2H3. The van der Waals surface area contributed by atoms with E-state index in [2.05, 4.69) is 13.8 Å². The molecule has 0 bridgehead atoms. The van der Waals surface area contributed by atoms with E-state index in [1.807, 2.05) is 24.3 Å². The highest BCUT2D eigenvalue weighted by Crippen LogP contribution is 2.34. The lowest BCUT2D eigenvalue weighted by Gasteiger charge is -2.12. The maximum atomic E-state index is 12.6. The van der Waals surface area contributed by atoms with Crippen molar-refractivity contribution in [3.8, 4) is 11.1 Å². The minimum absolute atomic E-state index is 0.136. The number of halogens is 3. The van der Waals surface area contributed by atoms with Crippen LogP contribution in [-0.4, -0.2) is 0 Å². The van der Waals surface area contributed by atoms with Gasteiger partial charge in [0, 0.05) is 11.3 Å². The molecular weight excluding hydrogens is 263 g/mol. The Balaban J connectivity index is 2.38. The second kappa shape index (κ2) is 5.19. The van der Waals surface area contributed by atoms with Crippen LogP contribution < -0.4 is 5.73 Å². The van der Waals surface area contributed by atoms with Crippen molar-refractivity contribution >= 4 is 5.69 Å². The Morgan fingerprint density at radius 2 is 1.55 bits per heavy atom. The van der Waals surface area contributed by atoms with E-state index in [0.29, 0.717) is 11.5 Å². The zero-order chi connectivity index (χ0) is 14.9. The minimum atomic E-state index is -4.37. The predicted octanol–water partition coefficient (Wildman–Crippen LogP) is 5.08. The summed E-state index contributed by atoms with van der Waals surface area (Å²) >= 11 is 0. The van der Waals surface area contributed by atoms with Crippen LogP contribution >= 0.6 is 0 Å². The molecule has 0 aliphatic carbocycles. The molecule has 0 aliphatic rings. The van der Waals surface area contributed by atoms with Crippen molar-refractivity contribution in [1.29, 1.82) is 0 Å². The fourth-order valence-corrected chi connectivity index (χ4v) is 2.05. The zero-order valence-electron chi connectivity index (χ0n) is 11.3. The van der Waals surface area contributed by atoms with E-state index in [0.717, 1.165) is 17.7 Å². The number of hydrogen-bond acceptors (Lipinski definition) is 1. The van der Waals surface area contributed by atoms with Crippen LogP contribution in [0.2, 0.25) is 0 Å². The molecule has 2 rings (SSSR count). The Morgan fingerprint density at radius 3 is 2.00 bits per heavy atom. The van der Waals surface area contributed by atoms with Gasteiger partial charge in [-0.15, -0.1) is 0 Å². The van der Waals surface area contributed by atoms with Crippen LogP contribution in [0.5, 0.6) is 0 Å². The summed E-state index contributed by atoms with van der Waals surface area (Å²) in [6.07, 6.45) is -4.37. The van der Waals surface area contributed by atoms with Gasteiger partial charge in [-0.2, -0.15) is 13.2 Å². The maximum absolute atomic E-state index is 12.6. The average Bonchev–Trinajstić information content (AvgIpc) is 2.37. The summed E-state index contributed by atoms with van der Waals surface area (Å²) < 4.78 is 37.8. The Morgan fingerprint density at radius 1 is 0.950 bits per heavy atom. The average molecular weight is 279 g/mol. The van der Waals surface area contributed by atoms with Gasteiger partial charge in [0.1, 0.15) is 0 Å². The molecule has 0 spiro atoms. The van der Waals surface area contributed by atoms with Gasteiger partial charge in [0.15, 0.2) is 0 Å². The van der Waals surface area contributed by atoms with Crippen LogP contribution in [-0.2, 0) is 6.18 Å². The molecule has 0 saturated carbocycles. The number of nitrogen functional groups attached to an aromatic ring is 1. The van der Waals surface area contributed by atoms with Gasteiger partial charge in [0.05, 0.1) is 5.56 Å². The van der Waals surface area contributed by atoms with Crippen LogP contribution in [0, 0.1) is 0 Å². The SMILES string of the molecule is CC(C)c1ccc(-c2ccc(C(F)(F)F)cc2N)cc1. The van der Waals surface area contributed by atoms with Crippen LogP contribution in [0.3, 0.4) is 0 Å². The van der Waals surface area contributed by atoms with Crippen molar-refractivity contribution in [2.75, 3.05) is 5.73 Å². The monoisotopic (exact) mass is 279 g/mol. The van der Waals surface area contributed by atoms with Crippen LogP contribution in [0.25, 0.3) is 11.1 Å². The number of anilines is 1. The van der Waals surface area contributed by atoms with Crippen molar-refractivity contribution in [3.63, 3.8) is 0 Å². The van der Waals surface area contributed by atoms with Gasteiger partial charge in [-0.3, -0.25) is 0 Å². The molecule has 1 nitrogen and oxygen atoms in total. The van der Waals surface area contributed by atoms with Gasteiger partial charge >= 0.3 is 6.18 Å². The smallest absolute Gasteiger partial charge is 0.398 e. The molecule has 2 N–H and O–H groups in total. The van der Waals surface area contributed by atoms with E-state index in [9.17, 15) is 13.2 Å². The fourth-order valence-electron chi connectivity index (χ4n) is 2.05. The van der Waals surface area contributed by atoms with Crippen molar-refractivity contribution in [2.45, 2.75) is 25.9 Å². The highest BCUT2D eigenvalue weighted by molar-refractivity contribution is 5.77. The topological polar surface area (TPSA) is 26.0 Å². The van der Waals surface area contributed by atoms with Gasteiger partial charge in [0.25, 0.3) is 0 Å². The Bertz CT molecular complexity index is 598. The molecule has 0 heterocycles. The fraction of sp³-hybridized carbons (Fsp3) is 0.250. The summed E-state index contributed by atoms with van der Waals surface area (Å²) in [4.78, 5) is 0. The molecule has 106 valence electrons. The number of benzene rings is 2. The summed E-state index contributed by atoms with van der Waals surface area (Å²) in [5.74, 6) is 0.411.